The fourth-order valence-electron chi connectivity index (χ4n) is 2.24. The lowest BCUT2D eigenvalue weighted by Crippen LogP contribution is -2.03. The molecule has 0 fully saturated rings. The Morgan fingerprint density at radius 2 is 1.18 bits per heavy atom. The van der Waals surface area contributed by atoms with E-state index >= 15 is 0 Å². The molecule has 8 heteroatoms. The van der Waals surface area contributed by atoms with E-state index in [-0.39, 0.29) is 41.7 Å². The fourth-order valence-corrected chi connectivity index (χ4v) is 2.24. The minimum Gasteiger partial charge on any atom is -0.478 e. The van der Waals surface area contributed by atoms with Gasteiger partial charge in [0.1, 0.15) is 28.6 Å². The van der Waals surface area contributed by atoms with Gasteiger partial charge < -0.3 is 19.7 Å². The third-order valence-electron chi connectivity index (χ3n) is 3.49. The molecule has 0 saturated heterocycles. The van der Waals surface area contributed by atoms with Crippen molar-refractivity contribution >= 4 is 36.8 Å². The predicted octanol–water partition coefficient (Wildman–Crippen LogP) is 5.51. The van der Waals surface area contributed by atoms with Crippen molar-refractivity contribution in [2.75, 3.05) is 0 Å². The molecule has 28 heavy (non-hydrogen) atoms. The number of halogens is 2. The minimum atomic E-state index is -1.21. The second-order valence-electron chi connectivity index (χ2n) is 5.31. The van der Waals surface area contributed by atoms with E-state index in [4.69, 9.17) is 14.6 Å². The molecule has 0 saturated carbocycles. The van der Waals surface area contributed by atoms with Crippen LogP contribution in [0.2, 0.25) is 0 Å². The van der Waals surface area contributed by atoms with E-state index in [1.165, 1.54) is 18.2 Å². The van der Waals surface area contributed by atoms with Crippen LogP contribution in [0.3, 0.4) is 0 Å². The first-order valence-electron chi connectivity index (χ1n) is 7.64. The van der Waals surface area contributed by atoms with Crippen LogP contribution < -0.4 is 9.47 Å². The number of para-hydroxylation sites is 1. The Labute approximate surface area is 173 Å². The highest BCUT2D eigenvalue weighted by Gasteiger charge is 2.15. The van der Waals surface area contributed by atoms with Crippen LogP contribution >= 0.6 is 24.8 Å². The first-order valence-corrected chi connectivity index (χ1v) is 7.64. The van der Waals surface area contributed by atoms with Crippen molar-refractivity contribution in [3.8, 4) is 23.0 Å². The van der Waals surface area contributed by atoms with Crippen molar-refractivity contribution in [3.05, 3.63) is 83.9 Å². The van der Waals surface area contributed by atoms with Gasteiger partial charge in [-0.25, -0.2) is 9.59 Å². The number of carboxylic acids is 2. The van der Waals surface area contributed by atoms with E-state index in [0.29, 0.717) is 17.2 Å². The Bertz CT molecular complexity index is 943. The lowest BCUT2D eigenvalue weighted by molar-refractivity contribution is 0.0678. The van der Waals surface area contributed by atoms with Crippen molar-refractivity contribution in [2.24, 2.45) is 0 Å². The van der Waals surface area contributed by atoms with Gasteiger partial charge in [0.05, 0.1) is 5.56 Å². The summed E-state index contributed by atoms with van der Waals surface area (Å²) >= 11 is 0. The van der Waals surface area contributed by atoms with Gasteiger partial charge in [-0.3, -0.25) is 0 Å². The summed E-state index contributed by atoms with van der Waals surface area (Å²) in [5, 5.41) is 18.3. The Morgan fingerprint density at radius 1 is 0.643 bits per heavy atom. The highest BCUT2D eigenvalue weighted by molar-refractivity contribution is 5.94. The van der Waals surface area contributed by atoms with Gasteiger partial charge >= 0.3 is 11.9 Å². The molecule has 0 aromatic heterocycles. The van der Waals surface area contributed by atoms with Crippen LogP contribution in [0.1, 0.15) is 20.7 Å². The summed E-state index contributed by atoms with van der Waals surface area (Å²) < 4.78 is 11.2. The molecular formula is C20H16Cl2O6. The van der Waals surface area contributed by atoms with Gasteiger partial charge in [0, 0.05) is 0 Å². The van der Waals surface area contributed by atoms with Crippen molar-refractivity contribution in [3.63, 3.8) is 0 Å². The summed E-state index contributed by atoms with van der Waals surface area (Å²) in [6.45, 7) is 0. The van der Waals surface area contributed by atoms with Gasteiger partial charge in [-0.2, -0.15) is 0 Å². The van der Waals surface area contributed by atoms with Crippen molar-refractivity contribution in [2.45, 2.75) is 0 Å². The summed E-state index contributed by atoms with van der Waals surface area (Å²) in [5.41, 5.74) is -0.186. The van der Waals surface area contributed by atoms with Crippen LogP contribution in [0, 0.1) is 0 Å². The van der Waals surface area contributed by atoms with Crippen LogP contribution in [0.15, 0.2) is 72.8 Å². The lowest BCUT2D eigenvalue weighted by atomic mass is 10.1. The third kappa shape index (κ3) is 5.64. The summed E-state index contributed by atoms with van der Waals surface area (Å²) in [6, 6.07) is 19.4. The second kappa shape index (κ2) is 10.2. The quantitative estimate of drug-likeness (QED) is 0.543. The predicted molar refractivity (Wildman–Crippen MR) is 108 cm³/mol. The number of ether oxygens (including phenoxy) is 2. The zero-order valence-electron chi connectivity index (χ0n) is 14.3. The van der Waals surface area contributed by atoms with Crippen LogP contribution in [0.25, 0.3) is 0 Å². The Morgan fingerprint density at radius 3 is 1.71 bits per heavy atom. The molecule has 0 atom stereocenters. The number of carboxylic acid groups (broad SMARTS) is 2. The molecule has 3 rings (SSSR count). The first-order chi connectivity index (χ1) is 12.5. The molecule has 146 valence electrons. The van der Waals surface area contributed by atoms with Crippen LogP contribution in [0.4, 0.5) is 0 Å². The van der Waals surface area contributed by atoms with Crippen molar-refractivity contribution in [1.82, 2.24) is 0 Å². The molecule has 0 aliphatic rings. The minimum absolute atomic E-state index is 0. The summed E-state index contributed by atoms with van der Waals surface area (Å²) in [4.78, 5) is 22.4. The number of benzene rings is 3. The average Bonchev–Trinajstić information content (AvgIpc) is 2.64. The fraction of sp³-hybridized carbons (Fsp3) is 0. The van der Waals surface area contributed by atoms with E-state index in [1.807, 2.05) is 30.3 Å². The highest BCUT2D eigenvalue weighted by Crippen LogP contribution is 2.29. The molecule has 0 bridgehead atoms. The van der Waals surface area contributed by atoms with E-state index < -0.39 is 11.9 Å². The van der Waals surface area contributed by atoms with Gasteiger partial charge in [0.25, 0.3) is 0 Å². The highest BCUT2D eigenvalue weighted by atomic mass is 35.5. The first kappa shape index (κ1) is 22.8. The second-order valence-corrected chi connectivity index (χ2v) is 5.31. The maximum Gasteiger partial charge on any atom is 0.339 e. The van der Waals surface area contributed by atoms with E-state index in [1.54, 1.807) is 24.3 Å². The Kier molecular flexibility index (Phi) is 8.31. The monoisotopic (exact) mass is 422 g/mol. The number of rotatable bonds is 6. The Hall–Kier alpha value is -3.22. The average molecular weight is 423 g/mol. The summed E-state index contributed by atoms with van der Waals surface area (Å²) in [6.07, 6.45) is 0. The molecule has 0 spiro atoms. The van der Waals surface area contributed by atoms with Crippen LogP contribution in [0.5, 0.6) is 23.0 Å². The normalized spacial score (nSPS) is 9.43. The van der Waals surface area contributed by atoms with Crippen molar-refractivity contribution in [1.29, 1.82) is 0 Å². The van der Waals surface area contributed by atoms with Gasteiger partial charge in [0.15, 0.2) is 0 Å². The van der Waals surface area contributed by atoms with Crippen molar-refractivity contribution < 1.29 is 29.3 Å². The number of aromatic carboxylic acids is 2. The molecule has 0 unspecified atom stereocenters. The molecule has 6 nitrogen and oxygen atoms in total. The number of hydrogen-bond donors (Lipinski definition) is 2. The largest absolute Gasteiger partial charge is 0.478 e. The smallest absolute Gasteiger partial charge is 0.339 e. The zero-order chi connectivity index (χ0) is 18.5. The number of hydrogen-bond acceptors (Lipinski definition) is 4. The summed E-state index contributed by atoms with van der Waals surface area (Å²) in [5.74, 6) is -0.797. The maximum atomic E-state index is 11.3. The summed E-state index contributed by atoms with van der Waals surface area (Å²) in [7, 11) is 0. The molecule has 0 aliphatic heterocycles. The van der Waals surface area contributed by atoms with Crippen LogP contribution in [-0.4, -0.2) is 22.2 Å². The molecule has 2 N–H and O–H groups in total. The van der Waals surface area contributed by atoms with Gasteiger partial charge in [-0.05, 0) is 54.6 Å². The third-order valence-corrected chi connectivity index (χ3v) is 3.49. The molecule has 0 amide bonds. The molecule has 3 aromatic rings. The molecular weight excluding hydrogens is 407 g/mol. The number of carbonyl (C=O) groups is 2. The molecule has 3 aromatic carbocycles. The van der Waals surface area contributed by atoms with Crippen LogP contribution in [-0.2, 0) is 0 Å². The van der Waals surface area contributed by atoms with E-state index in [0.717, 1.165) is 0 Å². The van der Waals surface area contributed by atoms with Gasteiger partial charge in [-0.1, -0.05) is 18.2 Å². The standard InChI is InChI=1S/C20H14O6.2ClH/c21-19(22)13-6-11-17(20(23)24)18(12-13)26-16-9-7-15(8-10-16)25-14-4-2-1-3-5-14;;/h1-12H,(H,21,22)(H,23,24);2*1H. The van der Waals surface area contributed by atoms with Gasteiger partial charge in [0.2, 0.25) is 0 Å². The molecule has 0 aliphatic carbocycles. The van der Waals surface area contributed by atoms with E-state index in [2.05, 4.69) is 0 Å². The Balaban J connectivity index is 0.00000196. The SMILES string of the molecule is Cl.Cl.O=C(O)c1ccc(C(=O)O)c(Oc2ccc(Oc3ccccc3)cc2)c1. The van der Waals surface area contributed by atoms with Gasteiger partial charge in [-0.15, -0.1) is 24.8 Å². The topological polar surface area (TPSA) is 93.1 Å². The maximum absolute atomic E-state index is 11.3. The molecule has 0 heterocycles. The van der Waals surface area contributed by atoms with E-state index in [9.17, 15) is 14.7 Å². The molecule has 0 radical (unpaired) electrons. The lowest BCUT2D eigenvalue weighted by Gasteiger charge is -2.11. The zero-order valence-corrected chi connectivity index (χ0v) is 15.9.